The van der Waals surface area contributed by atoms with Gasteiger partial charge in [0.2, 0.25) is 0 Å². The third kappa shape index (κ3) is 2.59. The maximum absolute atomic E-state index is 5.16. The van der Waals surface area contributed by atoms with Gasteiger partial charge in [-0.15, -0.1) is 6.42 Å². The first-order valence-electron chi connectivity index (χ1n) is 3.84. The van der Waals surface area contributed by atoms with Crippen LogP contribution in [0.25, 0.3) is 0 Å². The Morgan fingerprint density at radius 3 is 2.67 bits per heavy atom. The van der Waals surface area contributed by atoms with Crippen molar-refractivity contribution in [2.24, 2.45) is 4.99 Å². The van der Waals surface area contributed by atoms with E-state index in [2.05, 4.69) is 10.9 Å². The van der Waals surface area contributed by atoms with Crippen molar-refractivity contribution in [2.75, 3.05) is 0 Å². The van der Waals surface area contributed by atoms with Crippen LogP contribution in [-0.4, -0.2) is 5.71 Å². The summed E-state index contributed by atoms with van der Waals surface area (Å²) in [7, 11) is 0. The predicted molar refractivity (Wildman–Crippen MR) is 52.1 cm³/mol. The summed E-state index contributed by atoms with van der Waals surface area (Å²) in [6, 6.07) is 10.0. The summed E-state index contributed by atoms with van der Waals surface area (Å²) in [4.78, 5) is 4.19. The summed E-state index contributed by atoms with van der Waals surface area (Å²) >= 11 is 0. The predicted octanol–water partition coefficient (Wildman–Crippen LogP) is 2.28. The number of hydrogen-bond acceptors (Lipinski definition) is 1. The number of terminal acetylenes is 1. The second kappa shape index (κ2) is 4.35. The first-order valence-corrected chi connectivity index (χ1v) is 3.84. The van der Waals surface area contributed by atoms with E-state index >= 15 is 0 Å². The van der Waals surface area contributed by atoms with E-state index in [1.54, 1.807) is 0 Å². The van der Waals surface area contributed by atoms with E-state index in [1.165, 1.54) is 5.56 Å². The van der Waals surface area contributed by atoms with Gasteiger partial charge >= 0.3 is 0 Å². The molecule has 0 aliphatic heterocycles. The second-order valence-corrected chi connectivity index (χ2v) is 2.53. The fourth-order valence-corrected chi connectivity index (χ4v) is 0.839. The van der Waals surface area contributed by atoms with Gasteiger partial charge in [-0.1, -0.05) is 36.3 Å². The molecule has 0 heterocycles. The third-order valence-corrected chi connectivity index (χ3v) is 1.55. The molecule has 1 aromatic rings. The average Bonchev–Trinajstić information content (AvgIpc) is 2.16. The fourth-order valence-electron chi connectivity index (χ4n) is 0.839. The van der Waals surface area contributed by atoms with Crippen molar-refractivity contribution in [3.8, 4) is 12.3 Å². The Balaban J connectivity index is 2.61. The number of hydrogen-bond donors (Lipinski definition) is 0. The summed E-state index contributed by atoms with van der Waals surface area (Å²) in [5, 5.41) is 0. The Bertz CT molecular complexity index is 304. The third-order valence-electron chi connectivity index (χ3n) is 1.55. The normalized spacial score (nSPS) is 10.8. The SMILES string of the molecule is C#C/C(C)=N\Cc1ccccc1. The fraction of sp³-hybridized carbons (Fsp3) is 0.182. The van der Waals surface area contributed by atoms with Gasteiger partial charge in [0, 0.05) is 0 Å². The maximum Gasteiger partial charge on any atom is 0.0814 e. The minimum absolute atomic E-state index is 0.677. The summed E-state index contributed by atoms with van der Waals surface area (Å²) in [6.07, 6.45) is 5.16. The molecule has 0 spiro atoms. The van der Waals surface area contributed by atoms with Gasteiger partial charge in [0.25, 0.3) is 0 Å². The molecule has 0 aliphatic carbocycles. The van der Waals surface area contributed by atoms with Crippen LogP contribution in [0.1, 0.15) is 12.5 Å². The van der Waals surface area contributed by atoms with Crippen LogP contribution >= 0.6 is 0 Å². The van der Waals surface area contributed by atoms with Gasteiger partial charge in [0.05, 0.1) is 12.3 Å². The van der Waals surface area contributed by atoms with Gasteiger partial charge in [-0.05, 0) is 12.5 Å². The van der Waals surface area contributed by atoms with Gasteiger partial charge in [-0.2, -0.15) is 0 Å². The molecule has 0 fully saturated rings. The summed E-state index contributed by atoms with van der Waals surface area (Å²) in [5.41, 5.74) is 1.94. The van der Waals surface area contributed by atoms with Crippen molar-refractivity contribution < 1.29 is 0 Å². The van der Waals surface area contributed by atoms with Crippen LogP contribution in [0.5, 0.6) is 0 Å². The number of aliphatic imine (C=N–C) groups is 1. The van der Waals surface area contributed by atoms with E-state index in [0.717, 1.165) is 5.71 Å². The molecular formula is C11H11N. The highest BCUT2D eigenvalue weighted by atomic mass is 14.7. The van der Waals surface area contributed by atoms with Gasteiger partial charge < -0.3 is 0 Å². The Hall–Kier alpha value is -1.55. The number of rotatable bonds is 2. The zero-order valence-electron chi connectivity index (χ0n) is 7.12. The van der Waals surface area contributed by atoms with E-state index in [9.17, 15) is 0 Å². The molecular weight excluding hydrogens is 146 g/mol. The van der Waals surface area contributed by atoms with E-state index in [0.29, 0.717) is 6.54 Å². The molecule has 60 valence electrons. The van der Waals surface area contributed by atoms with E-state index in [1.807, 2.05) is 37.3 Å². The topological polar surface area (TPSA) is 12.4 Å². The molecule has 0 N–H and O–H groups in total. The molecule has 1 rings (SSSR count). The highest BCUT2D eigenvalue weighted by Crippen LogP contribution is 1.99. The molecule has 0 saturated heterocycles. The van der Waals surface area contributed by atoms with Crippen molar-refractivity contribution in [1.82, 2.24) is 0 Å². The Labute approximate surface area is 73.2 Å². The van der Waals surface area contributed by atoms with Crippen molar-refractivity contribution in [3.05, 3.63) is 35.9 Å². The monoisotopic (exact) mass is 157 g/mol. The molecule has 0 aromatic heterocycles. The number of benzene rings is 1. The first kappa shape index (κ1) is 8.55. The highest BCUT2D eigenvalue weighted by molar-refractivity contribution is 5.97. The summed E-state index contributed by atoms with van der Waals surface area (Å²) in [5.74, 6) is 2.49. The molecule has 1 nitrogen and oxygen atoms in total. The first-order chi connectivity index (χ1) is 5.83. The second-order valence-electron chi connectivity index (χ2n) is 2.53. The Kier molecular flexibility index (Phi) is 3.10. The van der Waals surface area contributed by atoms with Gasteiger partial charge in [0.1, 0.15) is 0 Å². The average molecular weight is 157 g/mol. The van der Waals surface area contributed by atoms with Crippen molar-refractivity contribution in [3.63, 3.8) is 0 Å². The Morgan fingerprint density at radius 1 is 1.42 bits per heavy atom. The smallest absolute Gasteiger partial charge is 0.0814 e. The molecule has 0 aliphatic rings. The largest absolute Gasteiger partial charge is 0.276 e. The van der Waals surface area contributed by atoms with Crippen LogP contribution in [0.4, 0.5) is 0 Å². The molecule has 1 aromatic carbocycles. The van der Waals surface area contributed by atoms with Gasteiger partial charge in [-0.3, -0.25) is 4.99 Å². The zero-order valence-corrected chi connectivity index (χ0v) is 7.12. The van der Waals surface area contributed by atoms with Crippen molar-refractivity contribution in [2.45, 2.75) is 13.5 Å². The standard InChI is InChI=1S/C11H11N/c1-3-10(2)12-9-11-7-5-4-6-8-11/h1,4-8H,9H2,2H3/b12-10-. The molecule has 0 bridgehead atoms. The summed E-state index contributed by atoms with van der Waals surface area (Å²) in [6.45, 7) is 2.51. The molecule has 0 unspecified atom stereocenters. The van der Waals surface area contributed by atoms with E-state index in [-0.39, 0.29) is 0 Å². The molecule has 0 amide bonds. The van der Waals surface area contributed by atoms with Crippen molar-refractivity contribution >= 4 is 5.71 Å². The van der Waals surface area contributed by atoms with Crippen molar-refractivity contribution in [1.29, 1.82) is 0 Å². The van der Waals surface area contributed by atoms with Crippen LogP contribution in [0.15, 0.2) is 35.3 Å². The summed E-state index contributed by atoms with van der Waals surface area (Å²) < 4.78 is 0. The highest BCUT2D eigenvalue weighted by Gasteiger charge is 1.87. The quantitative estimate of drug-likeness (QED) is 0.461. The minimum Gasteiger partial charge on any atom is -0.276 e. The van der Waals surface area contributed by atoms with Crippen LogP contribution in [0.3, 0.4) is 0 Å². The van der Waals surface area contributed by atoms with Gasteiger partial charge in [-0.25, -0.2) is 0 Å². The lowest BCUT2D eigenvalue weighted by atomic mass is 10.2. The molecule has 0 radical (unpaired) electrons. The lowest BCUT2D eigenvalue weighted by Crippen LogP contribution is -1.87. The van der Waals surface area contributed by atoms with Crippen LogP contribution in [-0.2, 0) is 6.54 Å². The molecule has 12 heavy (non-hydrogen) atoms. The zero-order chi connectivity index (χ0) is 8.81. The number of nitrogens with zero attached hydrogens (tertiary/aromatic N) is 1. The van der Waals surface area contributed by atoms with E-state index < -0.39 is 0 Å². The van der Waals surface area contributed by atoms with E-state index in [4.69, 9.17) is 6.42 Å². The molecule has 0 saturated carbocycles. The lowest BCUT2D eigenvalue weighted by molar-refractivity contribution is 1.07. The van der Waals surface area contributed by atoms with Crippen LogP contribution < -0.4 is 0 Å². The minimum atomic E-state index is 0.677. The maximum atomic E-state index is 5.16. The molecule has 1 heteroatoms. The van der Waals surface area contributed by atoms with Crippen LogP contribution in [0, 0.1) is 12.3 Å². The molecule has 0 atom stereocenters. The Morgan fingerprint density at radius 2 is 2.08 bits per heavy atom. The lowest BCUT2D eigenvalue weighted by Gasteiger charge is -1.94. The van der Waals surface area contributed by atoms with Crippen LogP contribution in [0.2, 0.25) is 0 Å². The van der Waals surface area contributed by atoms with Gasteiger partial charge in [0.15, 0.2) is 0 Å².